The number of hydrogen-bond acceptors (Lipinski definition) is 3. The number of nitrogens with one attached hydrogen (secondary N) is 1. The van der Waals surface area contributed by atoms with Gasteiger partial charge in [-0.25, -0.2) is 4.79 Å². The fourth-order valence-electron chi connectivity index (χ4n) is 2.44. The summed E-state index contributed by atoms with van der Waals surface area (Å²) in [5.74, 6) is -0.478. The van der Waals surface area contributed by atoms with Gasteiger partial charge in [-0.05, 0) is 49.9 Å². The summed E-state index contributed by atoms with van der Waals surface area (Å²) < 4.78 is 43.5. The molecular formula is C18H24F3NO2. The van der Waals surface area contributed by atoms with Gasteiger partial charge >= 0.3 is 12.1 Å². The van der Waals surface area contributed by atoms with Gasteiger partial charge in [0.25, 0.3) is 0 Å². The van der Waals surface area contributed by atoms with Gasteiger partial charge in [-0.1, -0.05) is 18.9 Å². The minimum absolute atomic E-state index is 0.267. The number of rotatable bonds is 9. The maximum absolute atomic E-state index is 12.9. The molecule has 1 aromatic rings. The quantitative estimate of drug-likeness (QED) is 0.385. The number of ether oxygens (including phenoxy) is 1. The van der Waals surface area contributed by atoms with Gasteiger partial charge in [0.2, 0.25) is 0 Å². The molecule has 0 amide bonds. The molecule has 6 heteroatoms. The van der Waals surface area contributed by atoms with Crippen LogP contribution in [0.5, 0.6) is 0 Å². The summed E-state index contributed by atoms with van der Waals surface area (Å²) in [6, 6.07) is 3.01. The number of carbonyl (C=O) groups is 1. The number of anilines is 1. The van der Waals surface area contributed by atoms with Crippen LogP contribution in [0.25, 0.3) is 0 Å². The molecule has 0 saturated heterocycles. The van der Waals surface area contributed by atoms with Crippen LogP contribution in [0.4, 0.5) is 18.9 Å². The van der Waals surface area contributed by atoms with Crippen LogP contribution >= 0.6 is 0 Å². The number of unbranched alkanes of at least 4 members (excludes halogenated alkanes) is 3. The lowest BCUT2D eigenvalue weighted by Crippen LogP contribution is -2.30. The Morgan fingerprint density at radius 3 is 2.58 bits per heavy atom. The van der Waals surface area contributed by atoms with Crippen molar-refractivity contribution < 1.29 is 22.7 Å². The van der Waals surface area contributed by atoms with Gasteiger partial charge < -0.3 is 10.1 Å². The van der Waals surface area contributed by atoms with Crippen molar-refractivity contribution in [1.29, 1.82) is 0 Å². The van der Waals surface area contributed by atoms with Gasteiger partial charge in [-0.2, -0.15) is 13.2 Å². The Morgan fingerprint density at radius 1 is 1.29 bits per heavy atom. The first kappa shape index (κ1) is 20.1. The second kappa shape index (κ2) is 9.35. The van der Waals surface area contributed by atoms with E-state index in [1.165, 1.54) is 7.11 Å². The van der Waals surface area contributed by atoms with Gasteiger partial charge in [0.1, 0.15) is 6.04 Å². The molecule has 24 heavy (non-hydrogen) atoms. The zero-order valence-electron chi connectivity index (χ0n) is 14.1. The SMILES string of the molecule is C=CCCCCCC(Nc1cc(C)cc(C(F)(F)F)c1)C(=O)OC. The van der Waals surface area contributed by atoms with E-state index in [4.69, 9.17) is 4.74 Å². The van der Waals surface area contributed by atoms with Crippen LogP contribution in [0.2, 0.25) is 0 Å². The van der Waals surface area contributed by atoms with Crippen LogP contribution in [0.15, 0.2) is 30.9 Å². The van der Waals surface area contributed by atoms with E-state index in [2.05, 4.69) is 11.9 Å². The zero-order chi connectivity index (χ0) is 18.2. The molecule has 1 atom stereocenters. The maximum atomic E-state index is 12.9. The van der Waals surface area contributed by atoms with E-state index < -0.39 is 23.8 Å². The third kappa shape index (κ3) is 6.64. The van der Waals surface area contributed by atoms with Gasteiger partial charge in [0.05, 0.1) is 12.7 Å². The summed E-state index contributed by atoms with van der Waals surface area (Å²) in [5, 5.41) is 2.88. The highest BCUT2D eigenvalue weighted by Crippen LogP contribution is 2.32. The summed E-state index contributed by atoms with van der Waals surface area (Å²) >= 11 is 0. The number of methoxy groups -OCH3 is 1. The van der Waals surface area contributed by atoms with Crippen LogP contribution < -0.4 is 5.32 Å². The summed E-state index contributed by atoms with van der Waals surface area (Å²) in [5.41, 5.74) is 0.00494. The first-order valence-electron chi connectivity index (χ1n) is 7.92. The first-order chi connectivity index (χ1) is 11.3. The molecule has 0 bridgehead atoms. The Kier molecular flexibility index (Phi) is 7.82. The predicted molar refractivity (Wildman–Crippen MR) is 88.9 cm³/mol. The number of benzene rings is 1. The van der Waals surface area contributed by atoms with Crippen LogP contribution in [0.3, 0.4) is 0 Å². The molecule has 0 aliphatic carbocycles. The number of aryl methyl sites for hydroxylation is 1. The summed E-state index contributed by atoms with van der Waals surface area (Å²) in [7, 11) is 1.27. The lowest BCUT2D eigenvalue weighted by Gasteiger charge is -2.19. The molecule has 134 valence electrons. The van der Waals surface area contributed by atoms with E-state index in [0.29, 0.717) is 12.0 Å². The minimum atomic E-state index is -4.42. The van der Waals surface area contributed by atoms with Crippen molar-refractivity contribution in [2.24, 2.45) is 0 Å². The van der Waals surface area contributed by atoms with Crippen molar-refractivity contribution in [2.75, 3.05) is 12.4 Å². The van der Waals surface area contributed by atoms with Crippen molar-refractivity contribution in [3.63, 3.8) is 0 Å². The van der Waals surface area contributed by atoms with Crippen molar-refractivity contribution in [1.82, 2.24) is 0 Å². The highest BCUT2D eigenvalue weighted by atomic mass is 19.4. The van der Waals surface area contributed by atoms with Crippen molar-refractivity contribution in [3.8, 4) is 0 Å². The number of carbonyl (C=O) groups excluding carboxylic acids is 1. The minimum Gasteiger partial charge on any atom is -0.467 e. The predicted octanol–water partition coefficient (Wildman–Crippen LogP) is 5.10. The largest absolute Gasteiger partial charge is 0.467 e. The van der Waals surface area contributed by atoms with Crippen molar-refractivity contribution in [2.45, 2.75) is 51.2 Å². The molecule has 1 rings (SSSR count). The van der Waals surface area contributed by atoms with E-state index >= 15 is 0 Å². The summed E-state index contributed by atoms with van der Waals surface area (Å²) in [4.78, 5) is 11.9. The fraction of sp³-hybridized carbons (Fsp3) is 0.500. The Morgan fingerprint density at radius 2 is 2.00 bits per heavy atom. The third-order valence-electron chi connectivity index (χ3n) is 3.63. The van der Waals surface area contributed by atoms with E-state index in [9.17, 15) is 18.0 Å². The standard InChI is InChI=1S/C18H24F3NO2/c1-4-5-6-7-8-9-16(17(23)24-3)22-15-11-13(2)10-14(12-15)18(19,20)21/h4,10-12,16,22H,1,5-9H2,2-3H3. The molecule has 1 unspecified atom stereocenters. The molecule has 0 aromatic heterocycles. The number of allylic oxidation sites excluding steroid dienone is 1. The second-order valence-electron chi connectivity index (χ2n) is 5.73. The molecular weight excluding hydrogens is 319 g/mol. The van der Waals surface area contributed by atoms with Gasteiger partial charge in [-0.3, -0.25) is 0 Å². The molecule has 0 heterocycles. The van der Waals surface area contributed by atoms with E-state index in [1.807, 2.05) is 6.08 Å². The molecule has 0 aliphatic rings. The molecule has 0 aliphatic heterocycles. The van der Waals surface area contributed by atoms with Crippen LogP contribution in [0, 0.1) is 6.92 Å². The summed E-state index contributed by atoms with van der Waals surface area (Å²) in [6.45, 7) is 5.23. The topological polar surface area (TPSA) is 38.3 Å². The van der Waals surface area contributed by atoms with Crippen LogP contribution in [0.1, 0.15) is 43.2 Å². The van der Waals surface area contributed by atoms with Crippen LogP contribution in [-0.4, -0.2) is 19.1 Å². The van der Waals surface area contributed by atoms with E-state index in [0.717, 1.165) is 37.8 Å². The second-order valence-corrected chi connectivity index (χ2v) is 5.73. The monoisotopic (exact) mass is 343 g/mol. The molecule has 3 nitrogen and oxygen atoms in total. The zero-order valence-corrected chi connectivity index (χ0v) is 14.1. The van der Waals surface area contributed by atoms with Crippen LogP contribution in [-0.2, 0) is 15.7 Å². The van der Waals surface area contributed by atoms with E-state index in [-0.39, 0.29) is 5.69 Å². The Balaban J connectivity index is 2.80. The van der Waals surface area contributed by atoms with Gasteiger partial charge in [0.15, 0.2) is 0 Å². The van der Waals surface area contributed by atoms with Crippen molar-refractivity contribution >= 4 is 11.7 Å². The average molecular weight is 343 g/mol. The summed E-state index contributed by atoms with van der Waals surface area (Å²) in [6.07, 6.45) is 1.49. The number of esters is 1. The van der Waals surface area contributed by atoms with Gasteiger partial charge in [-0.15, -0.1) is 6.58 Å². The molecule has 0 spiro atoms. The molecule has 1 N–H and O–H groups in total. The highest BCUT2D eigenvalue weighted by molar-refractivity contribution is 5.79. The first-order valence-corrected chi connectivity index (χ1v) is 7.92. The number of halogens is 3. The lowest BCUT2D eigenvalue weighted by molar-refractivity contribution is -0.141. The number of hydrogen-bond donors (Lipinski definition) is 1. The molecule has 1 aromatic carbocycles. The van der Waals surface area contributed by atoms with Gasteiger partial charge in [0, 0.05) is 5.69 Å². The smallest absolute Gasteiger partial charge is 0.416 e. The molecule has 0 fully saturated rings. The Labute approximate surface area is 140 Å². The third-order valence-corrected chi connectivity index (χ3v) is 3.63. The maximum Gasteiger partial charge on any atom is 0.416 e. The fourth-order valence-corrected chi connectivity index (χ4v) is 2.44. The molecule has 0 radical (unpaired) electrons. The Hall–Kier alpha value is -1.98. The number of alkyl halides is 3. The normalized spacial score (nSPS) is 12.5. The van der Waals surface area contributed by atoms with Crippen molar-refractivity contribution in [3.05, 3.63) is 42.0 Å². The Bertz CT molecular complexity index is 556. The van der Waals surface area contributed by atoms with E-state index in [1.54, 1.807) is 13.0 Å². The average Bonchev–Trinajstić information content (AvgIpc) is 2.51. The lowest BCUT2D eigenvalue weighted by atomic mass is 10.1. The molecule has 0 saturated carbocycles. The highest BCUT2D eigenvalue weighted by Gasteiger charge is 2.31.